The topological polar surface area (TPSA) is 61.9 Å². The molecule has 0 radical (unpaired) electrons. The Morgan fingerprint density at radius 3 is 2.00 bits per heavy atom. The Kier molecular flexibility index (Phi) is 7.88. The second-order valence-electron chi connectivity index (χ2n) is 8.67. The van der Waals surface area contributed by atoms with E-state index in [0.29, 0.717) is 10.6 Å². The minimum Gasteiger partial charge on any atom is -0.383 e. The molecule has 0 unspecified atom stereocenters. The van der Waals surface area contributed by atoms with Gasteiger partial charge in [0.1, 0.15) is 0 Å². The summed E-state index contributed by atoms with van der Waals surface area (Å²) in [6.07, 6.45) is 1.27. The largest absolute Gasteiger partial charge is 0.383 e. The summed E-state index contributed by atoms with van der Waals surface area (Å²) in [5.74, 6) is 0. The summed E-state index contributed by atoms with van der Waals surface area (Å²) in [7, 11) is -1.68. The molecule has 0 amide bonds. The quantitative estimate of drug-likeness (QED) is 0.499. The van der Waals surface area contributed by atoms with E-state index in [1.54, 1.807) is 13.2 Å². The molecule has 6 nitrogen and oxygen atoms in total. The normalized spacial score (nSPS) is 15.0. The average molecular weight is 480 g/mol. The van der Waals surface area contributed by atoms with Gasteiger partial charge in [-0.2, -0.15) is 0 Å². The monoisotopic (exact) mass is 479 g/mol. The van der Waals surface area contributed by atoms with Crippen LogP contribution < -0.4 is 10.2 Å². The van der Waals surface area contributed by atoms with E-state index in [2.05, 4.69) is 39.4 Å². The number of hydrogen-bond donors (Lipinski definition) is 1. The van der Waals surface area contributed by atoms with E-state index in [-0.39, 0.29) is 6.04 Å². The third-order valence-electron chi connectivity index (χ3n) is 6.28. The Morgan fingerprint density at radius 2 is 1.47 bits per heavy atom. The highest BCUT2D eigenvalue weighted by Gasteiger charge is 2.22. The number of methoxy groups -OCH3 is 1. The maximum Gasteiger partial charge on any atom is 0.177 e. The van der Waals surface area contributed by atoms with Crippen LogP contribution in [-0.4, -0.2) is 66.0 Å². The molecule has 0 spiro atoms. The molecule has 180 valence electrons. The van der Waals surface area contributed by atoms with Crippen molar-refractivity contribution < 1.29 is 13.2 Å². The number of sulfone groups is 1. The molecule has 1 aliphatic heterocycles. The van der Waals surface area contributed by atoms with Crippen LogP contribution in [0.15, 0.2) is 83.8 Å². The SMILES string of the molecule is COCCN1CCN(c2ccc(S(C)(=O)=O)c(NC(c3ccccc3)c3ccccc3)c2)CC1. The molecule has 1 saturated heterocycles. The summed E-state index contributed by atoms with van der Waals surface area (Å²) in [6, 6.07) is 25.7. The lowest BCUT2D eigenvalue weighted by molar-refractivity contribution is 0.144. The van der Waals surface area contributed by atoms with Gasteiger partial charge in [-0.3, -0.25) is 4.90 Å². The van der Waals surface area contributed by atoms with Crippen LogP contribution in [0.1, 0.15) is 17.2 Å². The van der Waals surface area contributed by atoms with Crippen LogP contribution in [0.25, 0.3) is 0 Å². The molecule has 4 rings (SSSR count). The molecular formula is C27H33N3O3S. The van der Waals surface area contributed by atoms with Gasteiger partial charge in [-0.25, -0.2) is 8.42 Å². The summed E-state index contributed by atoms with van der Waals surface area (Å²) in [5.41, 5.74) is 3.80. The van der Waals surface area contributed by atoms with Gasteiger partial charge in [0.05, 0.1) is 23.2 Å². The third kappa shape index (κ3) is 5.97. The number of ether oxygens (including phenoxy) is 1. The Hall–Kier alpha value is -2.87. The molecular weight excluding hydrogens is 446 g/mol. The standard InChI is InChI=1S/C27H33N3O3S/c1-33-20-19-29-15-17-30(18-16-29)24-13-14-26(34(2,31)32)25(21-24)28-27(22-9-5-3-6-10-22)23-11-7-4-8-12-23/h3-14,21,27-28H,15-20H2,1-2H3. The summed E-state index contributed by atoms with van der Waals surface area (Å²) >= 11 is 0. The fourth-order valence-corrected chi connectivity index (χ4v) is 5.24. The zero-order valence-corrected chi connectivity index (χ0v) is 20.7. The first-order valence-corrected chi connectivity index (χ1v) is 13.5. The number of nitrogens with zero attached hydrogens (tertiary/aromatic N) is 2. The predicted molar refractivity (Wildman–Crippen MR) is 138 cm³/mol. The van der Waals surface area contributed by atoms with E-state index in [1.165, 1.54) is 6.26 Å². The van der Waals surface area contributed by atoms with E-state index in [1.807, 2.05) is 48.5 Å². The van der Waals surface area contributed by atoms with Crippen LogP contribution in [0.3, 0.4) is 0 Å². The molecule has 1 fully saturated rings. The second kappa shape index (κ2) is 11.0. The highest BCUT2D eigenvalue weighted by Crippen LogP contribution is 2.33. The van der Waals surface area contributed by atoms with Crippen molar-refractivity contribution in [3.05, 3.63) is 90.0 Å². The van der Waals surface area contributed by atoms with Gasteiger partial charge < -0.3 is 15.0 Å². The molecule has 3 aromatic rings. The Bertz CT molecular complexity index is 1120. The number of piperazine rings is 1. The highest BCUT2D eigenvalue weighted by atomic mass is 32.2. The van der Waals surface area contributed by atoms with Crippen molar-refractivity contribution in [1.29, 1.82) is 0 Å². The first-order chi connectivity index (χ1) is 16.5. The van der Waals surface area contributed by atoms with Crippen LogP contribution in [-0.2, 0) is 14.6 Å². The highest BCUT2D eigenvalue weighted by molar-refractivity contribution is 7.90. The summed E-state index contributed by atoms with van der Waals surface area (Å²) in [5, 5.41) is 3.57. The molecule has 0 bridgehead atoms. The maximum absolute atomic E-state index is 12.7. The lowest BCUT2D eigenvalue weighted by Crippen LogP contribution is -2.47. The lowest BCUT2D eigenvalue weighted by atomic mass is 9.98. The Balaban J connectivity index is 1.65. The number of benzene rings is 3. The Morgan fingerprint density at radius 1 is 0.882 bits per heavy atom. The smallest absolute Gasteiger partial charge is 0.177 e. The van der Waals surface area contributed by atoms with Crippen LogP contribution >= 0.6 is 0 Å². The molecule has 1 N–H and O–H groups in total. The lowest BCUT2D eigenvalue weighted by Gasteiger charge is -2.36. The summed E-state index contributed by atoms with van der Waals surface area (Å²) in [6.45, 7) is 5.36. The summed E-state index contributed by atoms with van der Waals surface area (Å²) in [4.78, 5) is 5.03. The predicted octanol–water partition coefficient (Wildman–Crippen LogP) is 4.06. The second-order valence-corrected chi connectivity index (χ2v) is 10.7. The fraction of sp³-hybridized carbons (Fsp3) is 0.333. The number of nitrogens with one attached hydrogen (secondary N) is 1. The fourth-order valence-electron chi connectivity index (χ4n) is 4.41. The van der Waals surface area contributed by atoms with E-state index in [0.717, 1.165) is 56.1 Å². The van der Waals surface area contributed by atoms with E-state index in [9.17, 15) is 8.42 Å². The van der Waals surface area contributed by atoms with E-state index < -0.39 is 9.84 Å². The van der Waals surface area contributed by atoms with Gasteiger partial charge >= 0.3 is 0 Å². The van der Waals surface area contributed by atoms with Gasteiger partial charge in [0.25, 0.3) is 0 Å². The van der Waals surface area contributed by atoms with Crippen LogP contribution in [0, 0.1) is 0 Å². The molecule has 7 heteroatoms. The van der Waals surface area contributed by atoms with Crippen molar-refractivity contribution in [3.8, 4) is 0 Å². The first kappa shape index (κ1) is 24.3. The van der Waals surface area contributed by atoms with E-state index in [4.69, 9.17) is 4.74 Å². The molecule has 0 aliphatic carbocycles. The first-order valence-electron chi connectivity index (χ1n) is 11.6. The molecule has 0 saturated carbocycles. The van der Waals surface area contributed by atoms with Crippen molar-refractivity contribution in [1.82, 2.24) is 4.90 Å². The molecule has 0 aromatic heterocycles. The van der Waals surface area contributed by atoms with Gasteiger partial charge in [-0.15, -0.1) is 0 Å². The zero-order chi connectivity index (χ0) is 24.0. The average Bonchev–Trinajstić information content (AvgIpc) is 2.86. The van der Waals surface area contributed by atoms with Gasteiger partial charge in [0.2, 0.25) is 0 Å². The van der Waals surface area contributed by atoms with Gasteiger partial charge in [0.15, 0.2) is 9.84 Å². The van der Waals surface area contributed by atoms with E-state index >= 15 is 0 Å². The van der Waals surface area contributed by atoms with Crippen molar-refractivity contribution >= 4 is 21.2 Å². The molecule has 34 heavy (non-hydrogen) atoms. The van der Waals surface area contributed by atoms with Gasteiger partial charge in [-0.1, -0.05) is 60.7 Å². The zero-order valence-electron chi connectivity index (χ0n) is 19.9. The molecule has 3 aromatic carbocycles. The van der Waals surface area contributed by atoms with Crippen LogP contribution in [0.4, 0.5) is 11.4 Å². The number of anilines is 2. The van der Waals surface area contributed by atoms with Crippen molar-refractivity contribution in [2.75, 3.05) is 62.9 Å². The molecule has 0 atom stereocenters. The Labute approximate surface area is 203 Å². The molecule has 1 aliphatic rings. The van der Waals surface area contributed by atoms with Crippen LogP contribution in [0.5, 0.6) is 0 Å². The maximum atomic E-state index is 12.7. The minimum absolute atomic E-state index is 0.177. The van der Waals surface area contributed by atoms with Crippen molar-refractivity contribution in [2.24, 2.45) is 0 Å². The minimum atomic E-state index is -3.41. The van der Waals surface area contributed by atoms with Gasteiger partial charge in [-0.05, 0) is 29.3 Å². The third-order valence-corrected chi connectivity index (χ3v) is 7.43. The van der Waals surface area contributed by atoms with Crippen molar-refractivity contribution in [2.45, 2.75) is 10.9 Å². The molecule has 1 heterocycles. The number of hydrogen-bond acceptors (Lipinski definition) is 6. The number of rotatable bonds is 9. The summed E-state index contributed by atoms with van der Waals surface area (Å²) < 4.78 is 30.5. The van der Waals surface area contributed by atoms with Crippen molar-refractivity contribution in [3.63, 3.8) is 0 Å². The van der Waals surface area contributed by atoms with Crippen LogP contribution in [0.2, 0.25) is 0 Å². The van der Waals surface area contributed by atoms with Gasteiger partial charge in [0, 0.05) is 51.8 Å².